The number of piperazine rings is 1. The zero-order valence-corrected chi connectivity index (χ0v) is 22.3. The molecule has 2 N–H and O–H groups in total. The monoisotopic (exact) mass is 541 g/mol. The van der Waals surface area contributed by atoms with E-state index >= 15 is 0 Å². The van der Waals surface area contributed by atoms with Crippen LogP contribution < -0.4 is 15.0 Å². The molecule has 206 valence electrons. The normalized spacial score (nSPS) is 28.0. The van der Waals surface area contributed by atoms with Crippen LogP contribution in [0.3, 0.4) is 0 Å². The van der Waals surface area contributed by atoms with Crippen molar-refractivity contribution in [1.29, 1.82) is 0 Å². The molecule has 4 aromatic rings. The van der Waals surface area contributed by atoms with Crippen LogP contribution in [0.15, 0.2) is 42.6 Å². The summed E-state index contributed by atoms with van der Waals surface area (Å²) in [6.45, 7) is 3.45. The molecule has 2 aromatic heterocycles. The number of phenolic OH excluding ortho intramolecular Hbond substituents is 1. The average molecular weight is 542 g/mol. The van der Waals surface area contributed by atoms with Gasteiger partial charge in [-0.05, 0) is 55.1 Å². The molecular formula is C30H32FN7O2. The van der Waals surface area contributed by atoms with Crippen LogP contribution in [0.1, 0.15) is 32.1 Å². The molecule has 9 nitrogen and oxygen atoms in total. The Kier molecular flexibility index (Phi) is 5.57. The van der Waals surface area contributed by atoms with Gasteiger partial charge in [0.05, 0.1) is 10.9 Å². The van der Waals surface area contributed by atoms with Crippen molar-refractivity contribution in [3.05, 3.63) is 42.6 Å². The molecule has 2 aromatic carbocycles. The fourth-order valence-electron chi connectivity index (χ4n) is 7.41. The highest BCUT2D eigenvalue weighted by Crippen LogP contribution is 2.41. The second kappa shape index (κ2) is 9.21. The van der Waals surface area contributed by atoms with E-state index in [2.05, 4.69) is 15.1 Å². The summed E-state index contributed by atoms with van der Waals surface area (Å²) < 4.78 is 20.7. The zero-order valence-electron chi connectivity index (χ0n) is 22.3. The smallest absolute Gasteiger partial charge is 0.320 e. The van der Waals surface area contributed by atoms with E-state index in [-0.39, 0.29) is 17.3 Å². The van der Waals surface area contributed by atoms with Gasteiger partial charge < -0.3 is 20.1 Å². The molecule has 4 fully saturated rings. The van der Waals surface area contributed by atoms with Gasteiger partial charge in [-0.25, -0.2) is 14.4 Å². The van der Waals surface area contributed by atoms with Crippen LogP contribution >= 0.6 is 0 Å². The number of phenols is 1. The maximum Gasteiger partial charge on any atom is 0.320 e. The topological polar surface area (TPSA) is 99.5 Å². The highest BCUT2D eigenvalue weighted by Gasteiger charge is 2.49. The van der Waals surface area contributed by atoms with E-state index in [1.807, 2.05) is 24.3 Å². The SMILES string of the molecule is Oc1cc(-c2ncc3c(N4CC5CCC(C4)N5)nc(OCC45CCCN4C[C@H](F)C5)nc3n2)c2ccccc2c1. The molecule has 4 aliphatic rings. The molecule has 4 saturated heterocycles. The molecule has 2 bridgehead atoms. The number of rotatable bonds is 5. The zero-order chi connectivity index (χ0) is 26.8. The third kappa shape index (κ3) is 4.04. The van der Waals surface area contributed by atoms with Gasteiger partial charge in [-0.3, -0.25) is 4.90 Å². The lowest BCUT2D eigenvalue weighted by atomic mass is 9.95. The van der Waals surface area contributed by atoms with Crippen molar-refractivity contribution >= 4 is 27.6 Å². The van der Waals surface area contributed by atoms with Gasteiger partial charge in [0.25, 0.3) is 0 Å². The molecule has 0 saturated carbocycles. The second-order valence-electron chi connectivity index (χ2n) is 11.9. The van der Waals surface area contributed by atoms with E-state index in [1.165, 1.54) is 0 Å². The van der Waals surface area contributed by atoms with Crippen molar-refractivity contribution in [2.24, 2.45) is 0 Å². The average Bonchev–Trinajstić information content (AvgIpc) is 3.60. The number of aromatic hydroxyl groups is 1. The first kappa shape index (κ1) is 24.2. The van der Waals surface area contributed by atoms with Crippen LogP contribution in [0.4, 0.5) is 10.2 Å². The summed E-state index contributed by atoms with van der Waals surface area (Å²) in [5.41, 5.74) is 0.947. The minimum atomic E-state index is -0.819. The molecule has 4 aliphatic heterocycles. The third-order valence-electron chi connectivity index (χ3n) is 9.25. The Morgan fingerprint density at radius 3 is 2.77 bits per heavy atom. The minimum Gasteiger partial charge on any atom is -0.508 e. The van der Waals surface area contributed by atoms with E-state index < -0.39 is 6.17 Å². The van der Waals surface area contributed by atoms with E-state index in [4.69, 9.17) is 24.7 Å². The summed E-state index contributed by atoms with van der Waals surface area (Å²) in [6, 6.07) is 12.4. The quantitative estimate of drug-likeness (QED) is 0.390. The molecule has 0 aliphatic carbocycles. The van der Waals surface area contributed by atoms with Crippen molar-refractivity contribution in [2.45, 2.75) is 55.9 Å². The van der Waals surface area contributed by atoms with Gasteiger partial charge in [0.2, 0.25) is 0 Å². The number of halogens is 1. The fraction of sp³-hybridized carbons (Fsp3) is 0.467. The Hall–Kier alpha value is -3.63. The first-order valence-electron chi connectivity index (χ1n) is 14.3. The number of anilines is 1. The standard InChI is InChI=1S/C30H32FN7O2/c31-19-12-30(8-3-9-38(30)14-19)17-40-29-35-27-25(28(36-29)37-15-20-6-7-21(16-37)33-20)13-32-26(34-27)24-11-22(39)10-18-4-1-2-5-23(18)24/h1-2,4-5,10-11,13,19-21,33,39H,3,6-9,12,14-17H2/t19-,20?,21?,30?/m1/s1. The molecule has 0 amide bonds. The van der Waals surface area contributed by atoms with Gasteiger partial charge in [-0.2, -0.15) is 9.97 Å². The number of fused-ring (bicyclic) bond motifs is 5. The number of aromatic nitrogens is 4. The van der Waals surface area contributed by atoms with E-state index in [1.54, 1.807) is 18.3 Å². The first-order chi connectivity index (χ1) is 19.5. The third-order valence-corrected chi connectivity index (χ3v) is 9.25. The first-order valence-corrected chi connectivity index (χ1v) is 14.3. The largest absolute Gasteiger partial charge is 0.508 e. The lowest BCUT2D eigenvalue weighted by Crippen LogP contribution is -2.51. The number of hydrogen-bond acceptors (Lipinski definition) is 9. The summed E-state index contributed by atoms with van der Waals surface area (Å²) in [5, 5.41) is 16.7. The highest BCUT2D eigenvalue weighted by molar-refractivity contribution is 5.97. The van der Waals surface area contributed by atoms with Crippen LogP contribution in [-0.4, -0.2) is 86.5 Å². The summed E-state index contributed by atoms with van der Waals surface area (Å²) in [4.78, 5) is 23.8. The fourth-order valence-corrected chi connectivity index (χ4v) is 7.41. The van der Waals surface area contributed by atoms with Crippen LogP contribution in [0.25, 0.3) is 33.2 Å². The van der Waals surface area contributed by atoms with Gasteiger partial charge in [0.15, 0.2) is 11.5 Å². The number of ether oxygens (including phenoxy) is 1. The Bertz CT molecular complexity index is 1610. The van der Waals surface area contributed by atoms with Crippen LogP contribution in [0, 0.1) is 0 Å². The predicted molar refractivity (Wildman–Crippen MR) is 150 cm³/mol. The lowest BCUT2D eigenvalue weighted by Gasteiger charge is -2.34. The number of alkyl halides is 1. The van der Waals surface area contributed by atoms with Gasteiger partial charge in [-0.1, -0.05) is 24.3 Å². The van der Waals surface area contributed by atoms with Crippen LogP contribution in [0.5, 0.6) is 11.8 Å². The van der Waals surface area contributed by atoms with Crippen molar-refractivity contribution in [3.63, 3.8) is 0 Å². The number of nitrogens with one attached hydrogen (secondary N) is 1. The summed E-state index contributed by atoms with van der Waals surface area (Å²) >= 11 is 0. The van der Waals surface area contributed by atoms with Gasteiger partial charge in [0.1, 0.15) is 24.3 Å². The Balaban J connectivity index is 1.21. The van der Waals surface area contributed by atoms with Gasteiger partial charge in [-0.15, -0.1) is 0 Å². The molecule has 3 unspecified atom stereocenters. The number of benzene rings is 2. The molecule has 0 radical (unpaired) electrons. The maximum atomic E-state index is 14.4. The summed E-state index contributed by atoms with van der Waals surface area (Å²) in [6.07, 6.45) is 5.75. The summed E-state index contributed by atoms with van der Waals surface area (Å²) in [7, 11) is 0. The van der Waals surface area contributed by atoms with E-state index in [9.17, 15) is 9.50 Å². The highest BCUT2D eigenvalue weighted by atomic mass is 19.1. The van der Waals surface area contributed by atoms with Crippen LogP contribution in [-0.2, 0) is 0 Å². The van der Waals surface area contributed by atoms with Crippen molar-refractivity contribution in [1.82, 2.24) is 30.2 Å². The Labute approximate surface area is 231 Å². The maximum absolute atomic E-state index is 14.4. The molecule has 6 heterocycles. The van der Waals surface area contributed by atoms with Gasteiger partial charge in [0, 0.05) is 49.9 Å². The van der Waals surface area contributed by atoms with Crippen molar-refractivity contribution < 1.29 is 14.2 Å². The Morgan fingerprint density at radius 2 is 1.90 bits per heavy atom. The predicted octanol–water partition coefficient (Wildman–Crippen LogP) is 3.84. The van der Waals surface area contributed by atoms with Crippen molar-refractivity contribution in [2.75, 3.05) is 37.7 Å². The van der Waals surface area contributed by atoms with Crippen molar-refractivity contribution in [3.8, 4) is 23.1 Å². The van der Waals surface area contributed by atoms with E-state index in [0.29, 0.717) is 43.1 Å². The van der Waals surface area contributed by atoms with Gasteiger partial charge >= 0.3 is 6.01 Å². The molecule has 40 heavy (non-hydrogen) atoms. The van der Waals surface area contributed by atoms with E-state index in [0.717, 1.165) is 72.9 Å². The van der Waals surface area contributed by atoms with Crippen LogP contribution in [0.2, 0.25) is 0 Å². The number of nitrogens with zero attached hydrogens (tertiary/aromatic N) is 6. The molecule has 4 atom stereocenters. The molecule has 8 rings (SSSR count). The second-order valence-corrected chi connectivity index (χ2v) is 11.9. The molecule has 10 heteroatoms. The minimum absolute atomic E-state index is 0.157. The molecular weight excluding hydrogens is 509 g/mol. The Morgan fingerprint density at radius 1 is 1.05 bits per heavy atom. The number of hydrogen-bond donors (Lipinski definition) is 2. The molecule has 0 spiro atoms. The summed E-state index contributed by atoms with van der Waals surface area (Å²) in [5.74, 6) is 1.41. The lowest BCUT2D eigenvalue weighted by molar-refractivity contribution is 0.107.